The Kier molecular flexibility index (Phi) is 3.82. The Bertz CT molecular complexity index is 673. The summed E-state index contributed by atoms with van der Waals surface area (Å²) in [6, 6.07) is 10.6. The van der Waals surface area contributed by atoms with Crippen molar-refractivity contribution in [3.05, 3.63) is 53.5 Å². The summed E-state index contributed by atoms with van der Waals surface area (Å²) in [5, 5.41) is 24.7. The van der Waals surface area contributed by atoms with E-state index in [1.807, 2.05) is 0 Å². The van der Waals surface area contributed by atoms with Crippen LogP contribution in [0.3, 0.4) is 0 Å². The molecule has 92 valence electrons. The van der Waals surface area contributed by atoms with E-state index in [0.717, 1.165) is 5.69 Å². The fraction of sp³-hybridized carbons (Fsp3) is 0. The van der Waals surface area contributed by atoms with Gasteiger partial charge in [-0.3, -0.25) is 0 Å². The van der Waals surface area contributed by atoms with E-state index in [-0.39, 0.29) is 5.57 Å². The number of hydrogen-bond acceptors (Lipinski definition) is 4. The average Bonchev–Trinajstić information content (AvgIpc) is 2.94. The summed E-state index contributed by atoms with van der Waals surface area (Å²) in [6.45, 7) is 0. The van der Waals surface area contributed by atoms with Gasteiger partial charge in [0.2, 0.25) is 0 Å². The van der Waals surface area contributed by atoms with Gasteiger partial charge in [-0.25, -0.2) is 4.68 Å². The van der Waals surface area contributed by atoms with Gasteiger partial charge in [-0.05, 0) is 24.3 Å². The Morgan fingerprint density at radius 3 is 2.74 bits per heavy atom. The van der Waals surface area contributed by atoms with Crippen LogP contribution in [0.15, 0.2) is 48.4 Å². The Morgan fingerprint density at radius 1 is 1.37 bits per heavy atom. The average molecular weight is 270 g/mol. The molecule has 0 aliphatic heterocycles. The van der Waals surface area contributed by atoms with Crippen molar-refractivity contribution in [2.24, 2.45) is 0 Å². The van der Waals surface area contributed by atoms with E-state index in [0.29, 0.717) is 10.7 Å². The minimum Gasteiger partial charge on any atom is -0.360 e. The summed E-state index contributed by atoms with van der Waals surface area (Å²) in [4.78, 5) is 0. The molecule has 0 fully saturated rings. The highest BCUT2D eigenvalue weighted by Gasteiger charge is 2.03. The molecule has 19 heavy (non-hydrogen) atoms. The molecular weight excluding hydrogens is 262 g/mol. The highest BCUT2D eigenvalue weighted by molar-refractivity contribution is 6.32. The molecule has 0 radical (unpaired) electrons. The normalized spacial score (nSPS) is 9.21. The first kappa shape index (κ1) is 12.7. The molecule has 2 aromatic rings. The second-order valence-corrected chi connectivity index (χ2v) is 3.95. The Morgan fingerprint density at radius 2 is 2.16 bits per heavy atom. The lowest BCUT2D eigenvalue weighted by Crippen LogP contribution is -1.96. The summed E-state index contributed by atoms with van der Waals surface area (Å²) >= 11 is 6.15. The van der Waals surface area contributed by atoms with Crippen LogP contribution >= 0.6 is 11.6 Å². The lowest BCUT2D eigenvalue weighted by molar-refractivity contribution is 0.881. The van der Waals surface area contributed by atoms with Crippen LogP contribution in [0.25, 0.3) is 5.69 Å². The molecule has 0 unspecified atom stereocenters. The van der Waals surface area contributed by atoms with Gasteiger partial charge in [-0.2, -0.15) is 15.6 Å². The zero-order valence-corrected chi connectivity index (χ0v) is 10.5. The first-order chi connectivity index (χ1) is 9.24. The highest BCUT2D eigenvalue weighted by atomic mass is 35.5. The van der Waals surface area contributed by atoms with Gasteiger partial charge in [-0.1, -0.05) is 11.6 Å². The van der Waals surface area contributed by atoms with Crippen molar-refractivity contribution in [3.8, 4) is 17.8 Å². The molecule has 1 N–H and O–H groups in total. The second-order valence-electron chi connectivity index (χ2n) is 3.54. The van der Waals surface area contributed by atoms with E-state index in [1.165, 1.54) is 6.20 Å². The maximum atomic E-state index is 8.61. The number of allylic oxidation sites excluding steroid dienone is 1. The van der Waals surface area contributed by atoms with Crippen molar-refractivity contribution in [1.29, 1.82) is 10.5 Å². The number of nitrogens with zero attached hydrogens (tertiary/aromatic N) is 4. The first-order valence-electron chi connectivity index (χ1n) is 5.31. The van der Waals surface area contributed by atoms with Gasteiger partial charge in [0.1, 0.15) is 17.7 Å². The lowest BCUT2D eigenvalue weighted by atomic mass is 10.2. The van der Waals surface area contributed by atoms with Crippen molar-refractivity contribution in [1.82, 2.24) is 9.78 Å². The highest BCUT2D eigenvalue weighted by Crippen LogP contribution is 2.23. The molecule has 1 aromatic carbocycles. The van der Waals surface area contributed by atoms with Gasteiger partial charge in [-0.15, -0.1) is 0 Å². The molecular formula is C13H8ClN5. The quantitative estimate of drug-likeness (QED) is 0.869. The smallest absolute Gasteiger partial charge is 0.145 e. The van der Waals surface area contributed by atoms with Gasteiger partial charge in [0.05, 0.1) is 10.7 Å². The van der Waals surface area contributed by atoms with Gasteiger partial charge in [0.25, 0.3) is 0 Å². The molecule has 0 aliphatic rings. The maximum Gasteiger partial charge on any atom is 0.145 e. The summed E-state index contributed by atoms with van der Waals surface area (Å²) in [5.74, 6) is 0. The number of hydrogen-bond donors (Lipinski definition) is 1. The van der Waals surface area contributed by atoms with Crippen molar-refractivity contribution >= 4 is 17.3 Å². The third-order valence-corrected chi connectivity index (χ3v) is 2.63. The molecule has 0 amide bonds. The molecule has 0 aliphatic carbocycles. The van der Waals surface area contributed by atoms with E-state index in [9.17, 15) is 0 Å². The second kappa shape index (κ2) is 5.72. The molecule has 0 saturated heterocycles. The van der Waals surface area contributed by atoms with Gasteiger partial charge >= 0.3 is 0 Å². The topological polar surface area (TPSA) is 77.4 Å². The zero-order chi connectivity index (χ0) is 13.7. The first-order valence-corrected chi connectivity index (χ1v) is 5.69. The van der Waals surface area contributed by atoms with E-state index >= 15 is 0 Å². The molecule has 2 rings (SSSR count). The van der Waals surface area contributed by atoms with Crippen LogP contribution in [0, 0.1) is 22.7 Å². The van der Waals surface area contributed by atoms with Crippen LogP contribution < -0.4 is 5.32 Å². The predicted octanol–water partition coefficient (Wildman–Crippen LogP) is 2.87. The minimum absolute atomic E-state index is 0.00715. The van der Waals surface area contributed by atoms with E-state index in [2.05, 4.69) is 10.4 Å². The number of rotatable bonds is 3. The number of nitrogens with one attached hydrogen (secondary N) is 1. The standard InChI is InChI=1S/C13H8ClN5/c14-12-6-11(17-9-10(7-15)8-16)2-3-13(12)19-5-1-4-18-19/h1-6,9,17H. The van der Waals surface area contributed by atoms with Crippen LogP contribution in [0.4, 0.5) is 5.69 Å². The van der Waals surface area contributed by atoms with Crippen LogP contribution in [-0.4, -0.2) is 9.78 Å². The summed E-state index contributed by atoms with van der Waals surface area (Å²) in [7, 11) is 0. The predicted molar refractivity (Wildman–Crippen MR) is 71.5 cm³/mol. The molecule has 0 saturated carbocycles. The molecule has 0 atom stereocenters. The number of benzene rings is 1. The van der Waals surface area contributed by atoms with Crippen LogP contribution in [0.1, 0.15) is 0 Å². The third-order valence-electron chi connectivity index (χ3n) is 2.32. The number of anilines is 1. The molecule has 1 heterocycles. The van der Waals surface area contributed by atoms with Crippen LogP contribution in [0.5, 0.6) is 0 Å². The van der Waals surface area contributed by atoms with Crippen molar-refractivity contribution in [3.63, 3.8) is 0 Å². The van der Waals surface area contributed by atoms with Crippen LogP contribution in [-0.2, 0) is 0 Å². The van der Waals surface area contributed by atoms with Crippen LogP contribution in [0.2, 0.25) is 5.02 Å². The largest absolute Gasteiger partial charge is 0.360 e. The molecule has 0 bridgehead atoms. The van der Waals surface area contributed by atoms with E-state index in [4.69, 9.17) is 22.1 Å². The zero-order valence-electron chi connectivity index (χ0n) is 9.71. The SMILES string of the molecule is N#CC(C#N)=CNc1ccc(-n2cccn2)c(Cl)c1. The number of nitriles is 2. The minimum atomic E-state index is -0.00715. The molecule has 0 spiro atoms. The van der Waals surface area contributed by atoms with Crippen molar-refractivity contribution in [2.45, 2.75) is 0 Å². The van der Waals surface area contributed by atoms with Crippen molar-refractivity contribution in [2.75, 3.05) is 5.32 Å². The summed E-state index contributed by atoms with van der Waals surface area (Å²) < 4.78 is 1.65. The summed E-state index contributed by atoms with van der Waals surface area (Å²) in [6.07, 6.45) is 4.79. The monoisotopic (exact) mass is 269 g/mol. The Balaban J connectivity index is 2.24. The van der Waals surface area contributed by atoms with E-state index in [1.54, 1.807) is 53.5 Å². The van der Waals surface area contributed by atoms with Gasteiger partial charge < -0.3 is 5.32 Å². The molecule has 6 heteroatoms. The van der Waals surface area contributed by atoms with E-state index < -0.39 is 0 Å². The summed E-state index contributed by atoms with van der Waals surface area (Å²) in [5.41, 5.74) is 1.43. The Labute approximate surface area is 115 Å². The Hall–Kier alpha value is -2.76. The third kappa shape index (κ3) is 2.92. The van der Waals surface area contributed by atoms with Gasteiger partial charge in [0.15, 0.2) is 0 Å². The molecule has 5 nitrogen and oxygen atoms in total. The van der Waals surface area contributed by atoms with Gasteiger partial charge in [0, 0.05) is 24.3 Å². The fourth-order valence-electron chi connectivity index (χ4n) is 1.44. The van der Waals surface area contributed by atoms with Crippen molar-refractivity contribution < 1.29 is 0 Å². The number of aromatic nitrogens is 2. The maximum absolute atomic E-state index is 8.61. The number of halogens is 1. The lowest BCUT2D eigenvalue weighted by Gasteiger charge is -2.07. The molecule has 1 aromatic heterocycles. The fourth-order valence-corrected chi connectivity index (χ4v) is 1.71.